The first-order chi connectivity index (χ1) is 7.09. The van der Waals surface area contributed by atoms with Crippen LogP contribution in [-0.2, 0) is 4.79 Å². The van der Waals surface area contributed by atoms with Crippen molar-refractivity contribution in [2.24, 2.45) is 5.92 Å². The molecule has 0 heterocycles. The van der Waals surface area contributed by atoms with Gasteiger partial charge >= 0.3 is 0 Å². The lowest BCUT2D eigenvalue weighted by Gasteiger charge is -2.07. The molecule has 1 rings (SSSR count). The van der Waals surface area contributed by atoms with E-state index in [0.717, 1.165) is 6.42 Å². The molecule has 1 aromatic carbocycles. The second kappa shape index (κ2) is 5.39. The number of aromatic hydroxyl groups is 1. The minimum Gasteiger partial charge on any atom is -0.506 e. The Morgan fingerprint density at radius 3 is 2.67 bits per heavy atom. The molecule has 15 heavy (non-hydrogen) atoms. The molecule has 0 bridgehead atoms. The number of carbonyl (C=O) groups is 1. The molecule has 2 N–H and O–H groups in total. The van der Waals surface area contributed by atoms with Crippen molar-refractivity contribution in [3.8, 4) is 5.75 Å². The largest absolute Gasteiger partial charge is 0.506 e. The Morgan fingerprint density at radius 1 is 1.40 bits per heavy atom. The van der Waals surface area contributed by atoms with Gasteiger partial charge in [-0.15, -0.1) is 0 Å². The molecule has 3 heteroatoms. The standard InChI is InChI=1S/C12H17NO2/c1-9(2)7-8-12(15)13-10-5-3-4-6-11(10)14/h3-6,9,14H,7-8H2,1-2H3,(H,13,15). The van der Waals surface area contributed by atoms with E-state index >= 15 is 0 Å². The second-order valence-corrected chi connectivity index (χ2v) is 4.00. The van der Waals surface area contributed by atoms with E-state index in [4.69, 9.17) is 0 Å². The minimum absolute atomic E-state index is 0.0507. The molecule has 82 valence electrons. The molecule has 0 fully saturated rings. The molecule has 0 saturated heterocycles. The van der Waals surface area contributed by atoms with Gasteiger partial charge in [0.2, 0.25) is 5.91 Å². The Kier molecular flexibility index (Phi) is 4.16. The highest BCUT2D eigenvalue weighted by molar-refractivity contribution is 5.92. The van der Waals surface area contributed by atoms with Crippen molar-refractivity contribution in [2.45, 2.75) is 26.7 Å². The van der Waals surface area contributed by atoms with Crippen molar-refractivity contribution in [3.05, 3.63) is 24.3 Å². The van der Waals surface area contributed by atoms with Crippen LogP contribution in [-0.4, -0.2) is 11.0 Å². The molecule has 0 aliphatic heterocycles. The van der Waals surface area contributed by atoms with Crippen LogP contribution in [0.1, 0.15) is 26.7 Å². The third-order valence-corrected chi connectivity index (χ3v) is 2.13. The van der Waals surface area contributed by atoms with Gasteiger partial charge in [0.05, 0.1) is 5.69 Å². The van der Waals surface area contributed by atoms with Gasteiger partial charge in [0.15, 0.2) is 0 Å². The number of nitrogens with one attached hydrogen (secondary N) is 1. The van der Waals surface area contributed by atoms with Crippen LogP contribution in [0.15, 0.2) is 24.3 Å². The van der Waals surface area contributed by atoms with Gasteiger partial charge in [0, 0.05) is 6.42 Å². The van der Waals surface area contributed by atoms with Crippen molar-refractivity contribution in [1.82, 2.24) is 0 Å². The Morgan fingerprint density at radius 2 is 2.07 bits per heavy atom. The lowest BCUT2D eigenvalue weighted by atomic mass is 10.1. The Bertz CT molecular complexity index is 334. The zero-order valence-corrected chi connectivity index (χ0v) is 9.16. The summed E-state index contributed by atoms with van der Waals surface area (Å²) in [5.74, 6) is 0.570. The number of rotatable bonds is 4. The van der Waals surface area contributed by atoms with Crippen LogP contribution >= 0.6 is 0 Å². The van der Waals surface area contributed by atoms with E-state index in [1.54, 1.807) is 24.3 Å². The summed E-state index contributed by atoms with van der Waals surface area (Å²) in [6.07, 6.45) is 1.35. The number of phenols is 1. The summed E-state index contributed by atoms with van der Waals surface area (Å²) in [6, 6.07) is 6.73. The SMILES string of the molecule is CC(C)CCC(=O)Nc1ccccc1O. The maximum absolute atomic E-state index is 11.4. The van der Waals surface area contributed by atoms with E-state index in [-0.39, 0.29) is 11.7 Å². The van der Waals surface area contributed by atoms with Crippen molar-refractivity contribution in [2.75, 3.05) is 5.32 Å². The first-order valence-electron chi connectivity index (χ1n) is 5.17. The summed E-state index contributed by atoms with van der Waals surface area (Å²) in [4.78, 5) is 11.4. The van der Waals surface area contributed by atoms with Crippen LogP contribution in [0.3, 0.4) is 0 Å². The number of hydrogen-bond acceptors (Lipinski definition) is 2. The molecule has 0 spiro atoms. The normalized spacial score (nSPS) is 10.3. The second-order valence-electron chi connectivity index (χ2n) is 4.00. The van der Waals surface area contributed by atoms with Gasteiger partial charge in [0.25, 0.3) is 0 Å². The van der Waals surface area contributed by atoms with Crippen molar-refractivity contribution in [1.29, 1.82) is 0 Å². The summed E-state index contributed by atoms with van der Waals surface area (Å²) in [6.45, 7) is 4.15. The molecule has 0 aliphatic carbocycles. The molecule has 1 amide bonds. The molecule has 3 nitrogen and oxygen atoms in total. The molecular weight excluding hydrogens is 190 g/mol. The fourth-order valence-electron chi connectivity index (χ4n) is 1.21. The van der Waals surface area contributed by atoms with Gasteiger partial charge in [-0.3, -0.25) is 4.79 Å². The third kappa shape index (κ3) is 4.02. The fraction of sp³-hybridized carbons (Fsp3) is 0.417. The Labute approximate surface area is 90.1 Å². The molecular formula is C12H17NO2. The van der Waals surface area contributed by atoms with Gasteiger partial charge in [-0.2, -0.15) is 0 Å². The highest BCUT2D eigenvalue weighted by Crippen LogP contribution is 2.21. The van der Waals surface area contributed by atoms with E-state index in [2.05, 4.69) is 19.2 Å². The zero-order valence-electron chi connectivity index (χ0n) is 9.16. The van der Waals surface area contributed by atoms with Crippen LogP contribution in [0.5, 0.6) is 5.75 Å². The quantitative estimate of drug-likeness (QED) is 0.746. The average Bonchev–Trinajstić information content (AvgIpc) is 2.18. The number of benzene rings is 1. The number of hydrogen-bond donors (Lipinski definition) is 2. The first kappa shape index (κ1) is 11.6. The molecule has 0 radical (unpaired) electrons. The lowest BCUT2D eigenvalue weighted by molar-refractivity contribution is -0.116. The van der Waals surface area contributed by atoms with Gasteiger partial charge in [-0.05, 0) is 24.5 Å². The van der Waals surface area contributed by atoms with Crippen LogP contribution in [0.2, 0.25) is 0 Å². The minimum atomic E-state index is -0.0507. The summed E-state index contributed by atoms with van der Waals surface area (Å²) in [5.41, 5.74) is 0.478. The van der Waals surface area contributed by atoms with Crippen LogP contribution in [0.25, 0.3) is 0 Å². The van der Waals surface area contributed by atoms with E-state index in [0.29, 0.717) is 18.0 Å². The van der Waals surface area contributed by atoms with Crippen molar-refractivity contribution in [3.63, 3.8) is 0 Å². The maximum Gasteiger partial charge on any atom is 0.224 e. The highest BCUT2D eigenvalue weighted by atomic mass is 16.3. The zero-order chi connectivity index (χ0) is 11.3. The van der Waals surface area contributed by atoms with E-state index in [1.807, 2.05) is 0 Å². The highest BCUT2D eigenvalue weighted by Gasteiger charge is 2.06. The molecule has 0 aromatic heterocycles. The Balaban J connectivity index is 2.48. The van der Waals surface area contributed by atoms with E-state index in [1.165, 1.54) is 0 Å². The van der Waals surface area contributed by atoms with E-state index < -0.39 is 0 Å². The number of para-hydroxylation sites is 2. The topological polar surface area (TPSA) is 49.3 Å². The average molecular weight is 207 g/mol. The molecule has 1 aromatic rings. The van der Waals surface area contributed by atoms with Crippen molar-refractivity contribution < 1.29 is 9.90 Å². The Hall–Kier alpha value is -1.51. The van der Waals surface area contributed by atoms with Crippen LogP contribution in [0, 0.1) is 5.92 Å². The maximum atomic E-state index is 11.4. The van der Waals surface area contributed by atoms with Crippen molar-refractivity contribution >= 4 is 11.6 Å². The molecule has 0 unspecified atom stereocenters. The molecule has 0 aliphatic rings. The number of phenolic OH excluding ortho intramolecular Hbond substituents is 1. The van der Waals surface area contributed by atoms with Crippen LogP contribution in [0.4, 0.5) is 5.69 Å². The number of carbonyl (C=O) groups excluding carboxylic acids is 1. The van der Waals surface area contributed by atoms with Gasteiger partial charge in [0.1, 0.15) is 5.75 Å². The summed E-state index contributed by atoms with van der Waals surface area (Å²) >= 11 is 0. The predicted octanol–water partition coefficient (Wildman–Crippen LogP) is 2.77. The first-order valence-corrected chi connectivity index (χ1v) is 5.17. The van der Waals surface area contributed by atoms with E-state index in [9.17, 15) is 9.90 Å². The fourth-order valence-corrected chi connectivity index (χ4v) is 1.21. The van der Waals surface area contributed by atoms with Crippen LogP contribution < -0.4 is 5.32 Å². The number of amides is 1. The van der Waals surface area contributed by atoms with Gasteiger partial charge in [-0.25, -0.2) is 0 Å². The number of anilines is 1. The molecule has 0 saturated carbocycles. The van der Waals surface area contributed by atoms with Gasteiger partial charge < -0.3 is 10.4 Å². The monoisotopic (exact) mass is 207 g/mol. The van der Waals surface area contributed by atoms with Gasteiger partial charge in [-0.1, -0.05) is 26.0 Å². The molecule has 0 atom stereocenters. The predicted molar refractivity (Wildman–Crippen MR) is 60.8 cm³/mol. The third-order valence-electron chi connectivity index (χ3n) is 2.13. The lowest BCUT2D eigenvalue weighted by Crippen LogP contribution is -2.12. The smallest absolute Gasteiger partial charge is 0.224 e. The summed E-state index contributed by atoms with van der Waals surface area (Å²) in [5, 5.41) is 12.1. The summed E-state index contributed by atoms with van der Waals surface area (Å²) in [7, 11) is 0. The summed E-state index contributed by atoms with van der Waals surface area (Å²) < 4.78 is 0.